The molecule has 0 radical (unpaired) electrons. The highest BCUT2D eigenvalue weighted by atomic mass is 32.2. The number of carbonyl (C=O) groups excluding carboxylic acids is 1. The molecule has 184 valence electrons. The number of anilines is 1. The van der Waals surface area contributed by atoms with Gasteiger partial charge < -0.3 is 10.1 Å². The van der Waals surface area contributed by atoms with Gasteiger partial charge in [0.1, 0.15) is 5.75 Å². The molecule has 10 heteroatoms. The van der Waals surface area contributed by atoms with Crippen molar-refractivity contribution in [2.75, 3.05) is 17.1 Å². The molecule has 1 aliphatic rings. The monoisotopic (exact) mass is 514 g/mol. The van der Waals surface area contributed by atoms with Crippen LogP contribution >= 0.6 is 0 Å². The number of hydrogen-bond acceptors (Lipinski definition) is 6. The van der Waals surface area contributed by atoms with Gasteiger partial charge in [-0.25, -0.2) is 16.8 Å². The van der Waals surface area contributed by atoms with Crippen LogP contribution in [0.4, 0.5) is 5.69 Å². The number of nitrogens with one attached hydrogen (secondary N) is 1. The first-order chi connectivity index (χ1) is 16.5. The third-order valence-electron chi connectivity index (χ3n) is 5.78. The zero-order valence-electron chi connectivity index (χ0n) is 19.5. The van der Waals surface area contributed by atoms with Gasteiger partial charge in [-0.05, 0) is 61.4 Å². The number of aryl methyl sites for hydroxylation is 1. The number of sulfonamides is 1. The molecule has 0 fully saturated rings. The summed E-state index contributed by atoms with van der Waals surface area (Å²) >= 11 is 0. The molecule has 3 aromatic rings. The highest BCUT2D eigenvalue weighted by Crippen LogP contribution is 2.37. The van der Waals surface area contributed by atoms with Gasteiger partial charge in [0.05, 0.1) is 28.1 Å². The molecule has 0 saturated heterocycles. The summed E-state index contributed by atoms with van der Waals surface area (Å²) in [6.45, 7) is 3.41. The van der Waals surface area contributed by atoms with Crippen LogP contribution in [-0.4, -0.2) is 41.6 Å². The van der Waals surface area contributed by atoms with Crippen molar-refractivity contribution in [2.45, 2.75) is 35.8 Å². The molecule has 1 heterocycles. The smallest absolute Gasteiger partial charge is 0.264 e. The Kier molecular flexibility index (Phi) is 6.61. The van der Waals surface area contributed by atoms with Crippen molar-refractivity contribution in [1.29, 1.82) is 0 Å². The van der Waals surface area contributed by atoms with E-state index in [0.717, 1.165) is 11.8 Å². The van der Waals surface area contributed by atoms with Gasteiger partial charge in [-0.2, -0.15) is 0 Å². The zero-order valence-corrected chi connectivity index (χ0v) is 21.1. The lowest BCUT2D eigenvalue weighted by molar-refractivity contribution is -0.128. The molecular weight excluding hydrogens is 488 g/mol. The number of benzene rings is 3. The maximum atomic E-state index is 13.4. The van der Waals surface area contributed by atoms with Crippen LogP contribution in [0.25, 0.3) is 0 Å². The Morgan fingerprint density at radius 2 is 1.63 bits per heavy atom. The van der Waals surface area contributed by atoms with Gasteiger partial charge in [0.2, 0.25) is 0 Å². The van der Waals surface area contributed by atoms with Crippen molar-refractivity contribution in [2.24, 2.45) is 0 Å². The van der Waals surface area contributed by atoms with E-state index in [2.05, 4.69) is 5.32 Å². The highest BCUT2D eigenvalue weighted by Gasteiger charge is 2.38. The van der Waals surface area contributed by atoms with E-state index >= 15 is 0 Å². The fourth-order valence-electron chi connectivity index (χ4n) is 3.84. The molecule has 35 heavy (non-hydrogen) atoms. The lowest BCUT2D eigenvalue weighted by Gasteiger charge is -2.35. The van der Waals surface area contributed by atoms with E-state index in [9.17, 15) is 21.6 Å². The quantitative estimate of drug-likeness (QED) is 0.541. The normalized spacial score (nSPS) is 16.7. The minimum atomic E-state index is -3.94. The summed E-state index contributed by atoms with van der Waals surface area (Å²) in [5.74, 6) is -0.175. The maximum absolute atomic E-state index is 13.4. The minimum absolute atomic E-state index is 0.118. The molecule has 1 N–H and O–H groups in total. The Hall–Kier alpha value is -3.37. The molecule has 0 aromatic heterocycles. The summed E-state index contributed by atoms with van der Waals surface area (Å²) in [6.07, 6.45) is 0.0446. The highest BCUT2D eigenvalue weighted by molar-refractivity contribution is 7.92. The number of fused-ring (bicyclic) bond motifs is 1. The lowest BCUT2D eigenvalue weighted by Crippen LogP contribution is -2.51. The van der Waals surface area contributed by atoms with E-state index in [1.54, 1.807) is 55.5 Å². The fraction of sp³-hybridized carbons (Fsp3) is 0.240. The molecule has 4 rings (SSSR count). The first-order valence-corrected chi connectivity index (χ1v) is 14.3. The molecule has 2 atom stereocenters. The number of nitrogens with zero attached hydrogens (tertiary/aromatic N) is 1. The number of amides is 1. The van der Waals surface area contributed by atoms with Crippen LogP contribution in [0.5, 0.6) is 5.75 Å². The molecule has 2 unspecified atom stereocenters. The van der Waals surface area contributed by atoms with Crippen LogP contribution in [0.2, 0.25) is 0 Å². The number of ether oxygens (including phenoxy) is 1. The van der Waals surface area contributed by atoms with Crippen LogP contribution in [0.1, 0.15) is 24.1 Å². The summed E-state index contributed by atoms with van der Waals surface area (Å²) in [6, 6.07) is 19.0. The Balaban J connectivity index is 1.60. The summed E-state index contributed by atoms with van der Waals surface area (Å²) < 4.78 is 57.4. The second-order valence-electron chi connectivity index (χ2n) is 8.50. The summed E-state index contributed by atoms with van der Waals surface area (Å²) in [7, 11) is -7.27. The van der Waals surface area contributed by atoms with Crippen LogP contribution in [0.15, 0.2) is 82.6 Å². The molecular formula is C25H26N2O6S2. The van der Waals surface area contributed by atoms with Crippen LogP contribution in [-0.2, 0) is 24.7 Å². The average molecular weight is 515 g/mol. The van der Waals surface area contributed by atoms with Crippen LogP contribution in [0.3, 0.4) is 0 Å². The van der Waals surface area contributed by atoms with Crippen molar-refractivity contribution in [1.82, 2.24) is 5.32 Å². The second-order valence-corrected chi connectivity index (χ2v) is 12.4. The third-order valence-corrected chi connectivity index (χ3v) is 8.70. The molecule has 0 saturated carbocycles. The van der Waals surface area contributed by atoms with E-state index in [1.165, 1.54) is 28.6 Å². The topological polar surface area (TPSA) is 110 Å². The number of hydrogen-bond donors (Lipinski definition) is 1. The van der Waals surface area contributed by atoms with Gasteiger partial charge in [0.25, 0.3) is 15.9 Å². The Morgan fingerprint density at radius 3 is 2.26 bits per heavy atom. The Bertz CT molecular complexity index is 1450. The van der Waals surface area contributed by atoms with E-state index in [4.69, 9.17) is 4.74 Å². The second kappa shape index (κ2) is 9.35. The fourth-order valence-corrected chi connectivity index (χ4v) is 5.97. The lowest BCUT2D eigenvalue weighted by atomic mass is 10.1. The largest absolute Gasteiger partial charge is 0.476 e. The van der Waals surface area contributed by atoms with E-state index < -0.39 is 37.9 Å². The predicted molar refractivity (Wildman–Crippen MR) is 133 cm³/mol. The number of sulfone groups is 1. The molecule has 1 aliphatic heterocycles. The standard InChI is InChI=1S/C25H26N2O6S2/c1-17-9-14-22-23(15-17)33-24(16-27(22)35(31,32)21-7-5-4-6-8-21)25(28)26-18(2)19-10-12-20(13-11-19)34(3,29)30/h4-15,18,24H,16H2,1-3H3,(H,26,28). The number of rotatable bonds is 6. The summed E-state index contributed by atoms with van der Waals surface area (Å²) in [5, 5.41) is 2.85. The van der Waals surface area contributed by atoms with Crippen molar-refractivity contribution in [3.63, 3.8) is 0 Å². The third kappa shape index (κ3) is 5.18. The zero-order chi connectivity index (χ0) is 25.4. The molecule has 0 aliphatic carbocycles. The Morgan fingerprint density at radius 1 is 0.971 bits per heavy atom. The predicted octanol–water partition coefficient (Wildman–Crippen LogP) is 3.23. The first kappa shape index (κ1) is 24.7. The van der Waals surface area contributed by atoms with E-state index in [0.29, 0.717) is 17.0 Å². The molecule has 3 aromatic carbocycles. The van der Waals surface area contributed by atoms with Crippen LogP contribution < -0.4 is 14.4 Å². The maximum Gasteiger partial charge on any atom is 0.264 e. The van der Waals surface area contributed by atoms with Gasteiger partial charge in [0, 0.05) is 6.26 Å². The molecule has 0 bridgehead atoms. The molecule has 0 spiro atoms. The van der Waals surface area contributed by atoms with Crippen molar-refractivity contribution < 1.29 is 26.4 Å². The van der Waals surface area contributed by atoms with Gasteiger partial charge in [-0.3, -0.25) is 9.10 Å². The average Bonchev–Trinajstić information content (AvgIpc) is 2.83. The van der Waals surface area contributed by atoms with Gasteiger partial charge >= 0.3 is 0 Å². The molecule has 8 nitrogen and oxygen atoms in total. The molecule has 1 amide bonds. The van der Waals surface area contributed by atoms with Crippen molar-refractivity contribution >= 4 is 31.5 Å². The SMILES string of the molecule is Cc1ccc2c(c1)OC(C(=O)NC(C)c1ccc(S(C)(=O)=O)cc1)CN2S(=O)(=O)c1ccccc1. The van der Waals surface area contributed by atoms with E-state index in [-0.39, 0.29) is 16.3 Å². The summed E-state index contributed by atoms with van der Waals surface area (Å²) in [4.78, 5) is 13.5. The Labute approximate surface area is 205 Å². The van der Waals surface area contributed by atoms with Crippen LogP contribution in [0, 0.1) is 6.92 Å². The summed E-state index contributed by atoms with van der Waals surface area (Å²) in [5.41, 5.74) is 1.93. The first-order valence-electron chi connectivity index (χ1n) is 10.9. The van der Waals surface area contributed by atoms with Crippen molar-refractivity contribution in [3.05, 3.63) is 83.9 Å². The minimum Gasteiger partial charge on any atom is -0.476 e. The number of carbonyl (C=O) groups is 1. The van der Waals surface area contributed by atoms with Gasteiger partial charge in [-0.1, -0.05) is 36.4 Å². The van der Waals surface area contributed by atoms with Crippen molar-refractivity contribution in [3.8, 4) is 5.75 Å². The van der Waals surface area contributed by atoms with E-state index in [1.807, 2.05) is 6.92 Å². The van der Waals surface area contributed by atoms with Gasteiger partial charge in [0.15, 0.2) is 15.9 Å². The van der Waals surface area contributed by atoms with Gasteiger partial charge in [-0.15, -0.1) is 0 Å².